The lowest BCUT2D eigenvalue weighted by atomic mass is 9.80. The average molecular weight is 441 g/mol. The van der Waals surface area contributed by atoms with Gasteiger partial charge < -0.3 is 15.1 Å². The van der Waals surface area contributed by atoms with Crippen molar-refractivity contribution in [2.24, 2.45) is 0 Å². The fourth-order valence-corrected chi connectivity index (χ4v) is 5.69. The maximum atomic E-state index is 11.6. The number of aliphatic hydroxyl groups is 1. The second-order valence-electron chi connectivity index (χ2n) is 10.3. The highest BCUT2D eigenvalue weighted by Gasteiger charge is 2.39. The number of hydrogen-bond donors (Lipinski definition) is 2. The highest BCUT2D eigenvalue weighted by molar-refractivity contribution is 5.65. The minimum absolute atomic E-state index is 0.0824. The van der Waals surface area contributed by atoms with Crippen molar-refractivity contribution in [3.05, 3.63) is 41.0 Å². The molecule has 0 radical (unpaired) electrons. The zero-order chi connectivity index (χ0) is 22.6. The summed E-state index contributed by atoms with van der Waals surface area (Å²) in [5.74, 6) is 0. The van der Waals surface area contributed by atoms with E-state index in [1.54, 1.807) is 5.57 Å². The van der Waals surface area contributed by atoms with E-state index in [1.807, 2.05) is 0 Å². The second kappa shape index (κ2) is 10.4. The topological polar surface area (TPSA) is 64.0 Å². The number of carboxylic acid groups (broad SMARTS) is 1. The van der Waals surface area contributed by atoms with Crippen LogP contribution in [0.1, 0.15) is 82.3 Å². The van der Waals surface area contributed by atoms with E-state index < -0.39 is 11.7 Å². The summed E-state index contributed by atoms with van der Waals surface area (Å²) < 4.78 is 0. The van der Waals surface area contributed by atoms with E-state index in [9.17, 15) is 15.0 Å². The van der Waals surface area contributed by atoms with Crippen LogP contribution in [0.4, 0.5) is 4.79 Å². The van der Waals surface area contributed by atoms with Gasteiger partial charge in [0.15, 0.2) is 0 Å². The molecule has 5 heteroatoms. The lowest BCUT2D eigenvalue weighted by Crippen LogP contribution is -2.53. The first-order valence-electron chi connectivity index (χ1n) is 12.7. The van der Waals surface area contributed by atoms with Crippen molar-refractivity contribution in [2.75, 3.05) is 19.6 Å². The summed E-state index contributed by atoms with van der Waals surface area (Å²) in [6, 6.07) is 9.39. The predicted molar refractivity (Wildman–Crippen MR) is 129 cm³/mol. The third kappa shape index (κ3) is 5.74. The van der Waals surface area contributed by atoms with Gasteiger partial charge in [0.25, 0.3) is 0 Å². The molecule has 1 saturated carbocycles. The SMILES string of the molecule is CCCCC1CC(O)(Cc2ccc(C=C3CCN(C4CCC4)CC3)cc2)CCN1C(=O)O. The van der Waals surface area contributed by atoms with Crippen molar-refractivity contribution >= 4 is 12.2 Å². The summed E-state index contributed by atoms with van der Waals surface area (Å²) in [4.78, 5) is 15.8. The first-order chi connectivity index (χ1) is 15.5. The van der Waals surface area contributed by atoms with Gasteiger partial charge in [-0.1, -0.05) is 62.1 Å². The Hall–Kier alpha value is -1.85. The minimum atomic E-state index is -0.857. The lowest BCUT2D eigenvalue weighted by molar-refractivity contribution is -0.0416. The van der Waals surface area contributed by atoms with Gasteiger partial charge in [-0.05, 0) is 56.1 Å². The van der Waals surface area contributed by atoms with Crippen LogP contribution >= 0.6 is 0 Å². The summed E-state index contributed by atoms with van der Waals surface area (Å²) in [7, 11) is 0. The van der Waals surface area contributed by atoms with Gasteiger partial charge in [-0.2, -0.15) is 0 Å². The molecule has 32 heavy (non-hydrogen) atoms. The second-order valence-corrected chi connectivity index (χ2v) is 10.3. The van der Waals surface area contributed by atoms with Gasteiger partial charge in [-0.25, -0.2) is 4.79 Å². The molecule has 2 unspecified atom stereocenters. The molecule has 4 rings (SSSR count). The van der Waals surface area contributed by atoms with Crippen LogP contribution in [0.2, 0.25) is 0 Å². The van der Waals surface area contributed by atoms with Crippen molar-refractivity contribution in [1.29, 1.82) is 0 Å². The fraction of sp³-hybridized carbons (Fsp3) is 0.667. The molecule has 2 saturated heterocycles. The molecule has 1 aliphatic carbocycles. The Balaban J connectivity index is 1.33. The van der Waals surface area contributed by atoms with Gasteiger partial charge in [-0.15, -0.1) is 0 Å². The number of amides is 1. The third-order valence-corrected chi connectivity index (χ3v) is 7.93. The summed E-state index contributed by atoms with van der Waals surface area (Å²) in [5, 5.41) is 20.8. The van der Waals surface area contributed by atoms with Gasteiger partial charge in [0.2, 0.25) is 0 Å². The molecule has 5 nitrogen and oxygen atoms in total. The van der Waals surface area contributed by atoms with Crippen molar-refractivity contribution in [3.8, 4) is 0 Å². The number of nitrogens with zero attached hydrogens (tertiary/aromatic N) is 2. The summed E-state index contributed by atoms with van der Waals surface area (Å²) in [6.07, 6.45) is 12.5. The van der Waals surface area contributed by atoms with E-state index in [0.717, 1.165) is 30.9 Å². The monoisotopic (exact) mass is 440 g/mol. The molecule has 2 aliphatic heterocycles. The standard InChI is InChI=1S/C27H40N2O3/c1-2-3-5-25-20-27(32,14-17-29(25)26(30)31)19-23-10-8-21(9-11-23)18-22-12-15-28(16-13-22)24-6-4-7-24/h8-11,18,24-25,32H,2-7,12-17,19-20H2,1H3,(H,30,31). The van der Waals surface area contributed by atoms with Crippen LogP contribution in [0, 0.1) is 0 Å². The lowest BCUT2D eigenvalue weighted by Gasteiger charge is -2.43. The first kappa shape index (κ1) is 23.3. The highest BCUT2D eigenvalue weighted by atomic mass is 16.4. The molecule has 1 aromatic rings. The van der Waals surface area contributed by atoms with E-state index >= 15 is 0 Å². The minimum Gasteiger partial charge on any atom is -0.465 e. The smallest absolute Gasteiger partial charge is 0.407 e. The fourth-order valence-electron chi connectivity index (χ4n) is 5.69. The summed E-state index contributed by atoms with van der Waals surface area (Å²) in [5.41, 5.74) is 3.10. The number of piperidine rings is 2. The van der Waals surface area contributed by atoms with Crippen molar-refractivity contribution < 1.29 is 15.0 Å². The number of rotatable bonds is 7. The number of benzene rings is 1. The van der Waals surface area contributed by atoms with Gasteiger partial charge in [0.1, 0.15) is 0 Å². The largest absolute Gasteiger partial charge is 0.465 e. The Kier molecular flexibility index (Phi) is 7.57. The average Bonchev–Trinajstić information content (AvgIpc) is 2.73. The number of hydrogen-bond acceptors (Lipinski definition) is 3. The number of likely N-dealkylation sites (tertiary alicyclic amines) is 2. The molecule has 2 heterocycles. The third-order valence-electron chi connectivity index (χ3n) is 7.93. The predicted octanol–water partition coefficient (Wildman–Crippen LogP) is 5.32. The Morgan fingerprint density at radius 2 is 1.88 bits per heavy atom. The van der Waals surface area contributed by atoms with Crippen LogP contribution in [0.3, 0.4) is 0 Å². The van der Waals surface area contributed by atoms with Gasteiger partial charge in [-0.3, -0.25) is 4.90 Å². The van der Waals surface area contributed by atoms with Crippen LogP contribution in [-0.2, 0) is 6.42 Å². The van der Waals surface area contributed by atoms with Gasteiger partial charge in [0, 0.05) is 38.1 Å². The molecule has 3 fully saturated rings. The summed E-state index contributed by atoms with van der Waals surface area (Å²) >= 11 is 0. The van der Waals surface area contributed by atoms with Crippen LogP contribution < -0.4 is 0 Å². The van der Waals surface area contributed by atoms with Gasteiger partial charge in [0.05, 0.1) is 5.60 Å². The number of unbranched alkanes of at least 4 members (excludes halogenated alkanes) is 1. The maximum Gasteiger partial charge on any atom is 0.407 e. The van der Waals surface area contributed by atoms with Crippen molar-refractivity contribution in [1.82, 2.24) is 9.80 Å². The molecule has 2 N–H and O–H groups in total. The zero-order valence-corrected chi connectivity index (χ0v) is 19.6. The highest BCUT2D eigenvalue weighted by Crippen LogP contribution is 2.33. The molecule has 3 aliphatic rings. The van der Waals surface area contributed by atoms with E-state index in [2.05, 4.69) is 42.2 Å². The van der Waals surface area contributed by atoms with E-state index in [-0.39, 0.29) is 6.04 Å². The maximum absolute atomic E-state index is 11.6. The Labute approximate surface area is 193 Å². The van der Waals surface area contributed by atoms with Crippen molar-refractivity contribution in [2.45, 2.75) is 95.2 Å². The summed E-state index contributed by atoms with van der Waals surface area (Å²) in [6.45, 7) is 4.94. The molecule has 1 aromatic carbocycles. The Morgan fingerprint density at radius 3 is 2.47 bits per heavy atom. The first-order valence-corrected chi connectivity index (χ1v) is 12.7. The molecule has 0 aromatic heterocycles. The normalized spacial score (nSPS) is 27.2. The molecular weight excluding hydrogens is 400 g/mol. The van der Waals surface area contributed by atoms with E-state index in [4.69, 9.17) is 0 Å². The molecule has 1 amide bonds. The number of carbonyl (C=O) groups is 1. The van der Waals surface area contributed by atoms with Crippen LogP contribution in [0.15, 0.2) is 29.8 Å². The van der Waals surface area contributed by atoms with E-state index in [1.165, 1.54) is 55.7 Å². The van der Waals surface area contributed by atoms with E-state index in [0.29, 0.717) is 25.8 Å². The molecule has 0 spiro atoms. The molecule has 176 valence electrons. The Morgan fingerprint density at radius 1 is 1.16 bits per heavy atom. The van der Waals surface area contributed by atoms with Crippen LogP contribution in [-0.4, -0.2) is 63.4 Å². The van der Waals surface area contributed by atoms with Crippen molar-refractivity contribution in [3.63, 3.8) is 0 Å². The zero-order valence-electron chi connectivity index (χ0n) is 19.6. The molecule has 0 bridgehead atoms. The quantitative estimate of drug-likeness (QED) is 0.602. The Bertz CT molecular complexity index is 792. The van der Waals surface area contributed by atoms with Crippen LogP contribution in [0.5, 0.6) is 0 Å². The van der Waals surface area contributed by atoms with Gasteiger partial charge >= 0.3 is 6.09 Å². The van der Waals surface area contributed by atoms with Crippen LogP contribution in [0.25, 0.3) is 6.08 Å². The molecule has 2 atom stereocenters. The molecular formula is C27H40N2O3.